The maximum absolute atomic E-state index is 11.9. The van der Waals surface area contributed by atoms with Crippen molar-refractivity contribution < 1.29 is 19.0 Å². The summed E-state index contributed by atoms with van der Waals surface area (Å²) in [5.74, 6) is 2.20. The molecule has 2 rings (SSSR count). The Bertz CT molecular complexity index is 732. The fourth-order valence-corrected chi connectivity index (χ4v) is 3.79. The van der Waals surface area contributed by atoms with E-state index < -0.39 is 0 Å². The van der Waals surface area contributed by atoms with Crippen molar-refractivity contribution in [3.05, 3.63) is 23.8 Å². The summed E-state index contributed by atoms with van der Waals surface area (Å²) >= 11 is 0. The zero-order chi connectivity index (χ0) is 22.1. The molecule has 0 amide bonds. The molecule has 1 aliphatic carbocycles. The van der Waals surface area contributed by atoms with Crippen LogP contribution in [0.5, 0.6) is 11.5 Å². The molecule has 0 atom stereocenters. The van der Waals surface area contributed by atoms with Gasteiger partial charge in [-0.15, -0.1) is 24.0 Å². The molecule has 0 aliphatic heterocycles. The quantitative estimate of drug-likeness (QED) is 0.223. The molecule has 0 radical (unpaired) electrons. The Morgan fingerprint density at radius 2 is 1.77 bits per heavy atom. The van der Waals surface area contributed by atoms with Crippen molar-refractivity contribution in [1.29, 1.82) is 0 Å². The van der Waals surface area contributed by atoms with Gasteiger partial charge in [-0.2, -0.15) is 0 Å². The highest BCUT2D eigenvalue weighted by molar-refractivity contribution is 14.0. The van der Waals surface area contributed by atoms with E-state index in [1.54, 1.807) is 21.3 Å². The average molecular weight is 547 g/mol. The van der Waals surface area contributed by atoms with E-state index in [1.165, 1.54) is 0 Å². The molecule has 0 heterocycles. The smallest absolute Gasteiger partial charge is 0.308 e. The second-order valence-corrected chi connectivity index (χ2v) is 8.32. The third-order valence-corrected chi connectivity index (χ3v) is 5.77. The summed E-state index contributed by atoms with van der Waals surface area (Å²) < 4.78 is 15.9. The predicted molar refractivity (Wildman–Crippen MR) is 135 cm³/mol. The van der Waals surface area contributed by atoms with Crippen LogP contribution < -0.4 is 20.1 Å². The molecule has 0 saturated heterocycles. The van der Waals surface area contributed by atoms with Crippen LogP contribution in [-0.4, -0.2) is 52.4 Å². The molecule has 31 heavy (non-hydrogen) atoms. The number of hydrogen-bond donors (Lipinski definition) is 2. The minimum Gasteiger partial charge on any atom is -0.493 e. The summed E-state index contributed by atoms with van der Waals surface area (Å²) in [6.07, 6.45) is 3.57. The summed E-state index contributed by atoms with van der Waals surface area (Å²) in [6, 6.07) is 6.33. The number of aliphatic imine (C=N–C) groups is 1. The van der Waals surface area contributed by atoms with Gasteiger partial charge in [-0.3, -0.25) is 9.79 Å². The molecule has 1 fully saturated rings. The molecule has 0 spiro atoms. The van der Waals surface area contributed by atoms with Crippen LogP contribution in [0.3, 0.4) is 0 Å². The minimum absolute atomic E-state index is 0. The van der Waals surface area contributed by atoms with Gasteiger partial charge in [0.25, 0.3) is 0 Å². The van der Waals surface area contributed by atoms with Crippen LogP contribution in [-0.2, 0) is 14.9 Å². The number of esters is 1. The second-order valence-electron chi connectivity index (χ2n) is 8.32. The highest BCUT2D eigenvalue weighted by Gasteiger charge is 2.28. The SMILES string of the molecule is CCOC(=O)C1CCC(NC(=NC)NCC(C)(C)c2ccc(OC)c(OC)c2)CC1.I. The van der Waals surface area contributed by atoms with Crippen LogP contribution in [0, 0.1) is 5.92 Å². The molecule has 1 saturated carbocycles. The van der Waals surface area contributed by atoms with Crippen molar-refractivity contribution in [1.82, 2.24) is 10.6 Å². The third kappa shape index (κ3) is 7.73. The number of rotatable bonds is 8. The van der Waals surface area contributed by atoms with Gasteiger partial charge in [0.15, 0.2) is 17.5 Å². The van der Waals surface area contributed by atoms with Crippen LogP contribution >= 0.6 is 24.0 Å². The number of carbonyl (C=O) groups excluding carboxylic acids is 1. The second kappa shape index (κ2) is 13.0. The molecule has 1 aromatic carbocycles. The molecule has 2 N–H and O–H groups in total. The summed E-state index contributed by atoms with van der Waals surface area (Å²) in [4.78, 5) is 16.3. The summed E-state index contributed by atoms with van der Waals surface area (Å²) in [6.45, 7) is 7.37. The summed E-state index contributed by atoms with van der Waals surface area (Å²) in [7, 11) is 5.07. The predicted octanol–water partition coefficient (Wildman–Crippen LogP) is 3.89. The molecular weight excluding hydrogens is 509 g/mol. The number of methoxy groups -OCH3 is 2. The monoisotopic (exact) mass is 547 g/mol. The highest BCUT2D eigenvalue weighted by Crippen LogP contribution is 2.33. The van der Waals surface area contributed by atoms with E-state index in [4.69, 9.17) is 14.2 Å². The number of carbonyl (C=O) groups is 1. The van der Waals surface area contributed by atoms with E-state index in [0.717, 1.165) is 48.7 Å². The number of hydrogen-bond acceptors (Lipinski definition) is 5. The minimum atomic E-state index is -0.140. The Morgan fingerprint density at radius 1 is 1.13 bits per heavy atom. The van der Waals surface area contributed by atoms with Crippen LogP contribution in [0.1, 0.15) is 52.0 Å². The Morgan fingerprint density at radius 3 is 2.32 bits per heavy atom. The van der Waals surface area contributed by atoms with Gasteiger partial charge in [0.1, 0.15) is 0 Å². The standard InChI is InChI=1S/C23H37N3O4.HI/c1-7-30-21(27)16-8-11-18(12-9-16)26-22(24-4)25-15-23(2,3)17-10-13-19(28-5)20(14-17)29-6;/h10,13-14,16,18H,7-9,11-12,15H2,1-6H3,(H2,24,25,26);1H. The van der Waals surface area contributed by atoms with Gasteiger partial charge >= 0.3 is 5.97 Å². The Hall–Kier alpha value is -1.71. The topological polar surface area (TPSA) is 81.2 Å². The highest BCUT2D eigenvalue weighted by atomic mass is 127. The van der Waals surface area contributed by atoms with Crippen molar-refractivity contribution >= 4 is 35.9 Å². The lowest BCUT2D eigenvalue weighted by Crippen LogP contribution is -2.48. The first-order valence-corrected chi connectivity index (χ1v) is 10.7. The summed E-state index contributed by atoms with van der Waals surface area (Å²) in [5, 5.41) is 6.96. The van der Waals surface area contributed by atoms with E-state index >= 15 is 0 Å². The Kier molecular flexibility index (Phi) is 11.4. The van der Waals surface area contributed by atoms with Crippen LogP contribution in [0.4, 0.5) is 0 Å². The first-order chi connectivity index (χ1) is 14.3. The number of guanidine groups is 1. The molecular formula is C23H38IN3O4. The van der Waals surface area contributed by atoms with E-state index in [2.05, 4.69) is 35.5 Å². The van der Waals surface area contributed by atoms with Gasteiger partial charge < -0.3 is 24.8 Å². The van der Waals surface area contributed by atoms with Gasteiger partial charge in [0.2, 0.25) is 0 Å². The number of nitrogens with one attached hydrogen (secondary N) is 2. The zero-order valence-electron chi connectivity index (χ0n) is 19.6. The lowest BCUT2D eigenvalue weighted by molar-refractivity contribution is -0.149. The molecule has 7 nitrogen and oxygen atoms in total. The molecule has 0 aromatic heterocycles. The largest absolute Gasteiger partial charge is 0.493 e. The molecule has 0 bridgehead atoms. The number of halogens is 1. The Balaban J connectivity index is 0.00000480. The molecule has 176 valence electrons. The van der Waals surface area contributed by atoms with E-state index in [1.807, 2.05) is 19.1 Å². The van der Waals surface area contributed by atoms with Crippen LogP contribution in [0.2, 0.25) is 0 Å². The van der Waals surface area contributed by atoms with Crippen molar-refractivity contribution in [2.75, 3.05) is 34.4 Å². The third-order valence-electron chi connectivity index (χ3n) is 5.77. The van der Waals surface area contributed by atoms with Crippen molar-refractivity contribution in [2.24, 2.45) is 10.9 Å². The van der Waals surface area contributed by atoms with Gasteiger partial charge in [0, 0.05) is 25.0 Å². The normalized spacial score (nSPS) is 19.1. The average Bonchev–Trinajstić information content (AvgIpc) is 2.76. The van der Waals surface area contributed by atoms with E-state index in [0.29, 0.717) is 19.2 Å². The number of ether oxygens (including phenoxy) is 3. The fourth-order valence-electron chi connectivity index (χ4n) is 3.79. The van der Waals surface area contributed by atoms with Crippen LogP contribution in [0.25, 0.3) is 0 Å². The lowest BCUT2D eigenvalue weighted by atomic mass is 9.84. The van der Waals surface area contributed by atoms with Gasteiger partial charge in [-0.25, -0.2) is 0 Å². The van der Waals surface area contributed by atoms with Crippen LogP contribution in [0.15, 0.2) is 23.2 Å². The maximum Gasteiger partial charge on any atom is 0.308 e. The zero-order valence-corrected chi connectivity index (χ0v) is 21.9. The maximum atomic E-state index is 11.9. The number of nitrogens with zero attached hydrogens (tertiary/aromatic N) is 1. The number of benzene rings is 1. The molecule has 0 unspecified atom stereocenters. The molecule has 1 aromatic rings. The molecule has 8 heteroatoms. The first-order valence-electron chi connectivity index (χ1n) is 10.7. The molecule has 1 aliphatic rings. The van der Waals surface area contributed by atoms with E-state index in [-0.39, 0.29) is 41.3 Å². The van der Waals surface area contributed by atoms with Gasteiger partial charge in [0.05, 0.1) is 26.7 Å². The van der Waals surface area contributed by atoms with Crippen molar-refractivity contribution in [2.45, 2.75) is 57.9 Å². The van der Waals surface area contributed by atoms with Gasteiger partial charge in [-0.1, -0.05) is 19.9 Å². The fraction of sp³-hybridized carbons (Fsp3) is 0.652. The summed E-state index contributed by atoms with van der Waals surface area (Å²) in [5.41, 5.74) is 1.01. The lowest BCUT2D eigenvalue weighted by Gasteiger charge is -2.31. The van der Waals surface area contributed by atoms with Crippen molar-refractivity contribution in [3.63, 3.8) is 0 Å². The first kappa shape index (κ1) is 27.3. The van der Waals surface area contributed by atoms with E-state index in [9.17, 15) is 4.79 Å². The van der Waals surface area contributed by atoms with Crippen molar-refractivity contribution in [3.8, 4) is 11.5 Å². The Labute approximate surface area is 203 Å². The van der Waals surface area contributed by atoms with Gasteiger partial charge in [-0.05, 0) is 50.3 Å².